The van der Waals surface area contributed by atoms with Crippen LogP contribution >= 0.6 is 11.8 Å². The van der Waals surface area contributed by atoms with E-state index in [0.717, 1.165) is 40.3 Å². The minimum absolute atomic E-state index is 0.0234. The molecule has 2 atom stereocenters. The van der Waals surface area contributed by atoms with Crippen LogP contribution < -0.4 is 10.1 Å². The van der Waals surface area contributed by atoms with Gasteiger partial charge in [-0.1, -0.05) is 55.3 Å². The van der Waals surface area contributed by atoms with Gasteiger partial charge in [0.05, 0.1) is 11.8 Å². The van der Waals surface area contributed by atoms with Gasteiger partial charge in [0, 0.05) is 34.0 Å². The van der Waals surface area contributed by atoms with Gasteiger partial charge in [-0.15, -0.1) is 11.8 Å². The van der Waals surface area contributed by atoms with Gasteiger partial charge in [-0.2, -0.15) is 5.10 Å². The maximum atomic E-state index is 13.6. The lowest BCUT2D eigenvalue weighted by Gasteiger charge is -2.37. The number of nitrogens with zero attached hydrogens (tertiary/aromatic N) is 2. The van der Waals surface area contributed by atoms with Gasteiger partial charge in [0.15, 0.2) is 0 Å². The smallest absolute Gasteiger partial charge is 0.251 e. The van der Waals surface area contributed by atoms with Gasteiger partial charge in [-0.3, -0.25) is 9.59 Å². The van der Waals surface area contributed by atoms with Gasteiger partial charge in [0.25, 0.3) is 12.1 Å². The van der Waals surface area contributed by atoms with Crippen LogP contribution in [0.1, 0.15) is 70.0 Å². The van der Waals surface area contributed by atoms with Gasteiger partial charge in [-0.05, 0) is 55.0 Å². The van der Waals surface area contributed by atoms with Crippen LogP contribution in [0.15, 0.2) is 82.8 Å². The van der Waals surface area contributed by atoms with Crippen LogP contribution in [0.2, 0.25) is 0 Å². The van der Waals surface area contributed by atoms with Crippen molar-refractivity contribution in [3.63, 3.8) is 0 Å². The van der Waals surface area contributed by atoms with Crippen molar-refractivity contribution in [3.05, 3.63) is 95.1 Å². The molecule has 0 bridgehead atoms. The second kappa shape index (κ2) is 10.1. The average molecular weight is 512 g/mol. The lowest BCUT2D eigenvalue weighted by molar-refractivity contribution is -0.00456. The molecule has 0 radical (unpaired) electrons. The summed E-state index contributed by atoms with van der Waals surface area (Å²) in [5, 5.41) is 9.85. The first kappa shape index (κ1) is 23.8. The monoisotopic (exact) mass is 511 g/mol. The Hall–Kier alpha value is -3.58. The Kier molecular flexibility index (Phi) is 6.47. The predicted octanol–water partition coefficient (Wildman–Crippen LogP) is 5.83. The Morgan fingerprint density at radius 1 is 0.946 bits per heavy atom. The van der Waals surface area contributed by atoms with Crippen molar-refractivity contribution >= 4 is 29.2 Å². The number of ketones is 1. The van der Waals surface area contributed by atoms with Crippen LogP contribution in [0.25, 0.3) is 0 Å². The van der Waals surface area contributed by atoms with Crippen LogP contribution in [-0.4, -0.2) is 40.9 Å². The Labute approximate surface area is 221 Å². The minimum atomic E-state index is -0.839. The molecule has 1 fully saturated rings. The van der Waals surface area contributed by atoms with Crippen molar-refractivity contribution < 1.29 is 14.3 Å². The summed E-state index contributed by atoms with van der Waals surface area (Å²) in [7, 11) is 0. The number of hydrogen-bond donors (Lipinski definition) is 1. The maximum Gasteiger partial charge on any atom is 0.251 e. The van der Waals surface area contributed by atoms with E-state index < -0.39 is 6.23 Å². The molecule has 6 rings (SSSR count). The number of thioether (sulfide) groups is 1. The van der Waals surface area contributed by atoms with Crippen LogP contribution in [-0.2, 0) is 0 Å². The molecule has 3 aliphatic rings. The lowest BCUT2D eigenvalue weighted by Crippen LogP contribution is -2.45. The number of carbonyl (C=O) groups is 2. The Morgan fingerprint density at radius 2 is 1.65 bits per heavy atom. The third kappa shape index (κ3) is 4.64. The number of carbonyl (C=O) groups excluding carboxylic acids is 2. The van der Waals surface area contributed by atoms with E-state index >= 15 is 0 Å². The molecular formula is C30H29N3O3S. The zero-order chi connectivity index (χ0) is 25.4. The first-order chi connectivity index (χ1) is 18.1. The third-order valence-corrected chi connectivity index (χ3v) is 8.21. The number of hydrogen-bond acceptors (Lipinski definition) is 6. The number of para-hydroxylation sites is 1. The number of rotatable bonds is 6. The fourth-order valence-corrected chi connectivity index (χ4v) is 5.84. The molecule has 3 aromatic carbocycles. The van der Waals surface area contributed by atoms with E-state index in [-0.39, 0.29) is 23.8 Å². The Morgan fingerprint density at radius 3 is 2.38 bits per heavy atom. The number of ether oxygens (including phenoxy) is 1. The zero-order valence-electron chi connectivity index (χ0n) is 20.7. The summed E-state index contributed by atoms with van der Waals surface area (Å²) in [5.41, 5.74) is 4.10. The molecule has 1 aliphatic carbocycles. The van der Waals surface area contributed by atoms with Gasteiger partial charge in [-0.25, -0.2) is 5.01 Å². The predicted molar refractivity (Wildman–Crippen MR) is 145 cm³/mol. The highest BCUT2D eigenvalue weighted by atomic mass is 32.2. The molecular weight excluding hydrogens is 482 g/mol. The van der Waals surface area contributed by atoms with Crippen LogP contribution in [0.4, 0.5) is 0 Å². The maximum absolute atomic E-state index is 13.6. The van der Waals surface area contributed by atoms with Gasteiger partial charge < -0.3 is 10.1 Å². The average Bonchev–Trinajstić information content (AvgIpc) is 3.63. The van der Waals surface area contributed by atoms with Crippen molar-refractivity contribution in [1.82, 2.24) is 10.3 Å². The number of fused-ring (bicyclic) bond motifs is 3. The van der Waals surface area contributed by atoms with Gasteiger partial charge >= 0.3 is 0 Å². The number of nitrogens with one attached hydrogen (secondary N) is 1. The van der Waals surface area contributed by atoms with Crippen LogP contribution in [0.3, 0.4) is 0 Å². The molecule has 188 valence electrons. The standard InChI is InChI=1S/C30H29N3O3S/c1-37-23-16-14-20(15-17-23)28(34)30-33-26(24-8-4-5-9-27(24)36-30)18-25(32-33)19-10-12-21(13-11-19)29(35)31-22-6-2-3-7-22/h4-5,8-17,22,26,30H,2-3,6-7,18H2,1H3,(H,31,35). The van der Waals surface area contributed by atoms with Crippen molar-refractivity contribution in [3.8, 4) is 5.75 Å². The van der Waals surface area contributed by atoms with E-state index in [1.807, 2.05) is 84.1 Å². The molecule has 7 heteroatoms. The van der Waals surface area contributed by atoms with E-state index in [1.54, 1.807) is 11.8 Å². The molecule has 2 aliphatic heterocycles. The van der Waals surface area contributed by atoms with Crippen molar-refractivity contribution in [2.75, 3.05) is 6.26 Å². The number of benzene rings is 3. The van der Waals surface area contributed by atoms with Crippen molar-refractivity contribution in [2.24, 2.45) is 5.10 Å². The molecule has 1 N–H and O–H groups in total. The van der Waals surface area contributed by atoms with E-state index in [9.17, 15) is 9.59 Å². The van der Waals surface area contributed by atoms with E-state index in [2.05, 4.69) is 5.32 Å². The summed E-state index contributed by atoms with van der Waals surface area (Å²) in [6, 6.07) is 23.3. The summed E-state index contributed by atoms with van der Waals surface area (Å²) < 4.78 is 6.23. The normalized spacial score (nSPS) is 20.6. The molecule has 1 saturated carbocycles. The fraction of sp³-hybridized carbons (Fsp3) is 0.300. The largest absolute Gasteiger partial charge is 0.461 e. The zero-order valence-corrected chi connectivity index (χ0v) is 21.5. The number of hydrazone groups is 1. The molecule has 2 heterocycles. The topological polar surface area (TPSA) is 71.0 Å². The molecule has 0 saturated heterocycles. The molecule has 0 spiro atoms. The van der Waals surface area contributed by atoms with Gasteiger partial charge in [0.1, 0.15) is 5.75 Å². The van der Waals surface area contributed by atoms with E-state index in [1.165, 1.54) is 12.8 Å². The fourth-order valence-electron chi connectivity index (χ4n) is 5.43. The number of Topliss-reactive ketones (excluding diaryl/α,β-unsaturated/α-hetero) is 1. The second-order valence-corrected chi connectivity index (χ2v) is 10.7. The lowest BCUT2D eigenvalue weighted by atomic mass is 9.95. The Balaban J connectivity index is 1.26. The number of amides is 1. The second-order valence-electron chi connectivity index (χ2n) is 9.78. The van der Waals surface area contributed by atoms with Crippen molar-refractivity contribution in [1.29, 1.82) is 0 Å². The van der Waals surface area contributed by atoms with Crippen LogP contribution in [0, 0.1) is 0 Å². The highest BCUT2D eigenvalue weighted by Crippen LogP contribution is 2.43. The molecule has 2 unspecified atom stereocenters. The Bertz CT molecular complexity index is 1350. The molecule has 1 amide bonds. The summed E-state index contributed by atoms with van der Waals surface area (Å²) in [6.45, 7) is 0. The summed E-state index contributed by atoms with van der Waals surface area (Å²) in [5.74, 6) is 0.582. The summed E-state index contributed by atoms with van der Waals surface area (Å²) >= 11 is 1.64. The first-order valence-corrected chi connectivity index (χ1v) is 14.0. The SMILES string of the molecule is CSc1ccc(C(=O)C2Oc3ccccc3C3CC(c4ccc(C(=O)NC5CCCC5)cc4)=NN23)cc1. The molecule has 3 aromatic rings. The minimum Gasteiger partial charge on any atom is -0.461 e. The highest BCUT2D eigenvalue weighted by molar-refractivity contribution is 7.98. The quantitative estimate of drug-likeness (QED) is 0.333. The summed E-state index contributed by atoms with van der Waals surface area (Å²) in [4.78, 5) is 27.3. The van der Waals surface area contributed by atoms with Crippen LogP contribution in [0.5, 0.6) is 5.75 Å². The van der Waals surface area contributed by atoms with E-state index in [0.29, 0.717) is 17.5 Å². The highest BCUT2D eigenvalue weighted by Gasteiger charge is 2.43. The summed E-state index contributed by atoms with van der Waals surface area (Å²) in [6.07, 6.45) is 6.31. The molecule has 37 heavy (non-hydrogen) atoms. The van der Waals surface area contributed by atoms with Gasteiger partial charge in [0.2, 0.25) is 5.78 Å². The van der Waals surface area contributed by atoms with Crippen molar-refractivity contribution in [2.45, 2.75) is 55.3 Å². The first-order valence-electron chi connectivity index (χ1n) is 12.8. The molecule has 0 aromatic heterocycles. The van der Waals surface area contributed by atoms with E-state index in [4.69, 9.17) is 9.84 Å². The molecule has 6 nitrogen and oxygen atoms in total. The third-order valence-electron chi connectivity index (χ3n) is 7.47.